The summed E-state index contributed by atoms with van der Waals surface area (Å²) in [7, 11) is 1.26. The van der Waals surface area contributed by atoms with E-state index in [0.717, 1.165) is 5.56 Å². The molecular weight excluding hydrogens is 390 g/mol. The molecule has 2 atom stereocenters. The highest BCUT2D eigenvalue weighted by atomic mass is 35.5. The van der Waals surface area contributed by atoms with Crippen molar-refractivity contribution in [3.8, 4) is 0 Å². The number of carbonyl (C=O) groups excluding carboxylic acids is 2. The smallest absolute Gasteiger partial charge is 0.359 e. The Balaban J connectivity index is 1.95. The summed E-state index contributed by atoms with van der Waals surface area (Å²) in [5.41, 5.74) is 0.920. The van der Waals surface area contributed by atoms with Gasteiger partial charge in [0, 0.05) is 40.7 Å². The highest BCUT2D eigenvalue weighted by Gasteiger charge is 2.53. The molecule has 150 valence electrons. The fourth-order valence-electron chi connectivity index (χ4n) is 4.44. The molecule has 0 saturated carbocycles. The number of para-hydroxylation sites is 1. The summed E-state index contributed by atoms with van der Waals surface area (Å²) in [6.07, 6.45) is 1.74. The van der Waals surface area contributed by atoms with E-state index in [2.05, 4.69) is 0 Å². The van der Waals surface area contributed by atoms with Crippen molar-refractivity contribution >= 4 is 29.0 Å². The van der Waals surface area contributed by atoms with Crippen molar-refractivity contribution in [1.29, 1.82) is 0 Å². The van der Waals surface area contributed by atoms with Crippen LogP contribution in [0, 0.1) is 0 Å². The molecule has 5 nitrogen and oxygen atoms in total. The second kappa shape index (κ2) is 7.65. The molecular formula is C23H22ClNO4. The molecule has 0 saturated heterocycles. The quantitative estimate of drug-likeness (QED) is 0.766. The van der Waals surface area contributed by atoms with Gasteiger partial charge in [-0.1, -0.05) is 41.9 Å². The van der Waals surface area contributed by atoms with Crippen LogP contribution in [0.2, 0.25) is 5.02 Å². The molecule has 2 aliphatic rings. The zero-order valence-electron chi connectivity index (χ0n) is 16.1. The van der Waals surface area contributed by atoms with Gasteiger partial charge in [0.2, 0.25) is 5.72 Å². The summed E-state index contributed by atoms with van der Waals surface area (Å²) in [5, 5.41) is 12.2. The Morgan fingerprint density at radius 1 is 1.14 bits per heavy atom. The number of ketones is 1. The Bertz CT molecular complexity index is 970. The predicted octanol–water partition coefficient (Wildman–Crippen LogP) is 4.20. The third-order valence-electron chi connectivity index (χ3n) is 5.70. The maximum absolute atomic E-state index is 13.0. The standard InChI is InChI=1S/C23H22ClNO4/c1-29-22(27)23(28)14-18(15-10-12-16(24)13-11-15)21-19(8-5-9-20(21)26)25(23)17-6-3-2-4-7-17/h2-4,6-7,10-13,18,28H,5,8-9,14H2,1H3. The minimum atomic E-state index is -1.92. The number of benzene rings is 2. The fraction of sp³-hybridized carbons (Fsp3) is 0.304. The van der Waals surface area contributed by atoms with Crippen LogP contribution in [0.15, 0.2) is 65.9 Å². The van der Waals surface area contributed by atoms with Gasteiger partial charge in [-0.2, -0.15) is 0 Å². The molecule has 0 aromatic heterocycles. The van der Waals surface area contributed by atoms with E-state index in [9.17, 15) is 14.7 Å². The topological polar surface area (TPSA) is 66.8 Å². The first kappa shape index (κ1) is 19.7. The summed E-state index contributed by atoms with van der Waals surface area (Å²) in [5.74, 6) is -1.11. The number of rotatable bonds is 3. The fourth-order valence-corrected chi connectivity index (χ4v) is 4.57. The molecule has 1 N–H and O–H groups in total. The molecule has 29 heavy (non-hydrogen) atoms. The van der Waals surface area contributed by atoms with E-state index >= 15 is 0 Å². The number of ether oxygens (including phenoxy) is 1. The lowest BCUT2D eigenvalue weighted by atomic mass is 9.73. The lowest BCUT2D eigenvalue weighted by Crippen LogP contribution is -2.59. The van der Waals surface area contributed by atoms with E-state index in [1.165, 1.54) is 7.11 Å². The van der Waals surface area contributed by atoms with Gasteiger partial charge in [-0.25, -0.2) is 4.79 Å². The van der Waals surface area contributed by atoms with Crippen molar-refractivity contribution < 1.29 is 19.4 Å². The summed E-state index contributed by atoms with van der Waals surface area (Å²) in [6, 6.07) is 16.4. The van der Waals surface area contributed by atoms with Gasteiger partial charge in [0.15, 0.2) is 5.78 Å². The first-order valence-electron chi connectivity index (χ1n) is 9.63. The molecule has 0 bridgehead atoms. The van der Waals surface area contributed by atoms with Crippen LogP contribution < -0.4 is 4.90 Å². The van der Waals surface area contributed by atoms with Gasteiger partial charge < -0.3 is 14.7 Å². The largest absolute Gasteiger partial charge is 0.465 e. The lowest BCUT2D eigenvalue weighted by molar-refractivity contribution is -0.163. The molecule has 1 aliphatic heterocycles. The van der Waals surface area contributed by atoms with E-state index < -0.39 is 17.6 Å². The zero-order valence-corrected chi connectivity index (χ0v) is 16.9. The van der Waals surface area contributed by atoms with Gasteiger partial charge in [-0.05, 0) is 42.7 Å². The Morgan fingerprint density at radius 3 is 2.48 bits per heavy atom. The number of allylic oxidation sites excluding steroid dienone is 2. The van der Waals surface area contributed by atoms with Crippen LogP contribution in [-0.4, -0.2) is 29.7 Å². The average Bonchev–Trinajstić information content (AvgIpc) is 2.74. The first-order valence-corrected chi connectivity index (χ1v) is 10.0. The summed E-state index contributed by atoms with van der Waals surface area (Å²) < 4.78 is 5.00. The number of anilines is 1. The molecule has 2 aromatic carbocycles. The second-order valence-corrected chi connectivity index (χ2v) is 7.86. The van der Waals surface area contributed by atoms with Crippen molar-refractivity contribution in [3.05, 3.63) is 76.5 Å². The third kappa shape index (κ3) is 3.34. The number of methoxy groups -OCH3 is 1. The number of halogens is 1. The van der Waals surface area contributed by atoms with Crippen LogP contribution in [0.4, 0.5) is 5.69 Å². The van der Waals surface area contributed by atoms with Gasteiger partial charge in [0.25, 0.3) is 0 Å². The second-order valence-electron chi connectivity index (χ2n) is 7.42. The Labute approximate surface area is 174 Å². The van der Waals surface area contributed by atoms with Crippen molar-refractivity contribution in [2.75, 3.05) is 12.0 Å². The maximum Gasteiger partial charge on any atom is 0.359 e. The van der Waals surface area contributed by atoms with Crippen LogP contribution in [0.1, 0.15) is 37.2 Å². The number of Topliss-reactive ketones (excluding diaryl/α,β-unsaturated/α-hetero) is 1. The molecule has 1 aliphatic carbocycles. The third-order valence-corrected chi connectivity index (χ3v) is 5.96. The normalized spacial score (nSPS) is 24.3. The summed E-state index contributed by atoms with van der Waals surface area (Å²) in [4.78, 5) is 27.4. The summed E-state index contributed by atoms with van der Waals surface area (Å²) in [6.45, 7) is 0. The van der Waals surface area contributed by atoms with Crippen molar-refractivity contribution in [2.45, 2.75) is 37.3 Å². The van der Waals surface area contributed by atoms with Crippen LogP contribution in [0.5, 0.6) is 0 Å². The molecule has 1 heterocycles. The maximum atomic E-state index is 13.0. The average molecular weight is 412 g/mol. The first-order chi connectivity index (χ1) is 14.0. The molecule has 6 heteroatoms. The van der Waals surface area contributed by atoms with Crippen LogP contribution in [-0.2, 0) is 14.3 Å². The van der Waals surface area contributed by atoms with Crippen LogP contribution in [0.3, 0.4) is 0 Å². The molecule has 0 radical (unpaired) electrons. The Morgan fingerprint density at radius 2 is 1.83 bits per heavy atom. The van der Waals surface area contributed by atoms with Crippen LogP contribution >= 0.6 is 11.6 Å². The van der Waals surface area contributed by atoms with Crippen molar-refractivity contribution in [1.82, 2.24) is 0 Å². The predicted molar refractivity (Wildman–Crippen MR) is 111 cm³/mol. The van der Waals surface area contributed by atoms with Gasteiger partial charge in [-0.15, -0.1) is 0 Å². The van der Waals surface area contributed by atoms with Gasteiger partial charge in [0.1, 0.15) is 0 Å². The molecule has 2 aromatic rings. The number of carbonyl (C=O) groups is 2. The molecule has 0 spiro atoms. The van der Waals surface area contributed by atoms with Crippen molar-refractivity contribution in [3.63, 3.8) is 0 Å². The number of nitrogens with zero attached hydrogens (tertiary/aromatic N) is 1. The van der Waals surface area contributed by atoms with Crippen molar-refractivity contribution in [2.24, 2.45) is 0 Å². The number of aliphatic hydroxyl groups is 1. The van der Waals surface area contributed by atoms with E-state index in [1.54, 1.807) is 17.0 Å². The highest BCUT2D eigenvalue weighted by Crippen LogP contribution is 2.48. The molecule has 2 unspecified atom stereocenters. The van der Waals surface area contributed by atoms with Crippen LogP contribution in [0.25, 0.3) is 0 Å². The SMILES string of the molecule is COC(=O)C1(O)CC(c2ccc(Cl)cc2)C2=C(CCCC2=O)N1c1ccccc1. The molecule has 4 rings (SSSR count). The highest BCUT2D eigenvalue weighted by molar-refractivity contribution is 6.30. The summed E-state index contributed by atoms with van der Waals surface area (Å²) >= 11 is 6.04. The zero-order chi connectivity index (χ0) is 20.6. The van der Waals surface area contributed by atoms with E-state index in [-0.39, 0.29) is 12.2 Å². The van der Waals surface area contributed by atoms with E-state index in [0.29, 0.717) is 41.2 Å². The monoisotopic (exact) mass is 411 g/mol. The number of esters is 1. The van der Waals surface area contributed by atoms with Gasteiger partial charge in [0.05, 0.1) is 7.11 Å². The Kier molecular flexibility index (Phi) is 5.19. The number of hydrogen-bond acceptors (Lipinski definition) is 5. The van der Waals surface area contributed by atoms with E-state index in [1.807, 2.05) is 42.5 Å². The molecule has 0 amide bonds. The van der Waals surface area contributed by atoms with Gasteiger partial charge in [-0.3, -0.25) is 4.79 Å². The van der Waals surface area contributed by atoms with E-state index in [4.69, 9.17) is 16.3 Å². The Hall–Kier alpha value is -2.63. The minimum Gasteiger partial charge on any atom is -0.465 e. The number of hydrogen-bond donors (Lipinski definition) is 1. The lowest BCUT2D eigenvalue weighted by Gasteiger charge is -2.48. The molecule has 0 fully saturated rings. The van der Waals surface area contributed by atoms with Gasteiger partial charge >= 0.3 is 5.97 Å². The minimum absolute atomic E-state index is 0.0147.